The molecule has 0 aliphatic heterocycles. The lowest BCUT2D eigenvalue weighted by atomic mass is 10.1. The zero-order valence-corrected chi connectivity index (χ0v) is 17.1. The number of carbonyl (C=O) groups is 1. The van der Waals surface area contributed by atoms with E-state index in [0.717, 1.165) is 17.8 Å². The number of H-pyrrole nitrogens is 1. The van der Waals surface area contributed by atoms with E-state index in [1.54, 1.807) is 21.0 Å². The largest absolute Gasteiger partial charge is 0.418 e. The standard InChI is InChI=1S/C18H23F3N4O3S/c1-11(2)14(29-17-24-23-16(27)25(17)9-6-10-28-3)15(26)22-13-8-5-4-7-12(13)18(19,20)21/h4-5,7-8,11,14H,6,9-10H2,1-3H3,(H,22,26)(H,23,27). The van der Waals surface area contributed by atoms with Crippen molar-refractivity contribution < 1.29 is 22.7 Å². The molecule has 160 valence electrons. The molecule has 1 aromatic carbocycles. The van der Waals surface area contributed by atoms with Gasteiger partial charge in [0.1, 0.15) is 0 Å². The fraction of sp³-hybridized carbons (Fsp3) is 0.500. The van der Waals surface area contributed by atoms with Crippen molar-refractivity contribution in [1.29, 1.82) is 0 Å². The Kier molecular flexibility index (Phi) is 7.91. The summed E-state index contributed by atoms with van der Waals surface area (Å²) in [5.74, 6) is -0.821. The van der Waals surface area contributed by atoms with Gasteiger partial charge < -0.3 is 10.1 Å². The minimum atomic E-state index is -4.59. The summed E-state index contributed by atoms with van der Waals surface area (Å²) < 4.78 is 45.9. The molecule has 7 nitrogen and oxygen atoms in total. The molecule has 2 N–H and O–H groups in total. The number of aromatic amines is 1. The molecule has 1 aromatic heterocycles. The van der Waals surface area contributed by atoms with E-state index in [0.29, 0.717) is 24.7 Å². The number of thioether (sulfide) groups is 1. The molecule has 0 saturated heterocycles. The maximum absolute atomic E-state index is 13.2. The minimum Gasteiger partial charge on any atom is -0.385 e. The zero-order chi connectivity index (χ0) is 21.6. The van der Waals surface area contributed by atoms with Crippen LogP contribution in [0.2, 0.25) is 0 Å². The number of nitrogens with zero attached hydrogens (tertiary/aromatic N) is 2. The van der Waals surface area contributed by atoms with Crippen molar-refractivity contribution in [2.24, 2.45) is 5.92 Å². The van der Waals surface area contributed by atoms with E-state index in [1.807, 2.05) is 0 Å². The van der Waals surface area contributed by atoms with Gasteiger partial charge in [-0.05, 0) is 24.5 Å². The lowest BCUT2D eigenvalue weighted by molar-refractivity contribution is -0.137. The minimum absolute atomic E-state index is 0.225. The van der Waals surface area contributed by atoms with Gasteiger partial charge in [-0.2, -0.15) is 13.2 Å². The summed E-state index contributed by atoms with van der Waals surface area (Å²) in [7, 11) is 1.55. The number of amides is 1. The lowest BCUT2D eigenvalue weighted by Gasteiger charge is -2.21. The molecule has 0 spiro atoms. The number of hydrogen-bond acceptors (Lipinski definition) is 5. The highest BCUT2D eigenvalue weighted by Gasteiger charge is 2.34. The molecule has 11 heteroatoms. The summed E-state index contributed by atoms with van der Waals surface area (Å²) >= 11 is 1.03. The van der Waals surface area contributed by atoms with E-state index in [1.165, 1.54) is 22.8 Å². The summed E-state index contributed by atoms with van der Waals surface area (Å²) in [6.45, 7) is 4.33. The van der Waals surface area contributed by atoms with Gasteiger partial charge in [-0.1, -0.05) is 37.7 Å². The number of benzene rings is 1. The van der Waals surface area contributed by atoms with Crippen LogP contribution in [0.4, 0.5) is 18.9 Å². The van der Waals surface area contributed by atoms with Crippen molar-refractivity contribution in [3.63, 3.8) is 0 Å². The number of methoxy groups -OCH3 is 1. The number of nitrogens with one attached hydrogen (secondary N) is 2. The Balaban J connectivity index is 2.22. The van der Waals surface area contributed by atoms with Crippen molar-refractivity contribution in [3.8, 4) is 0 Å². The number of hydrogen-bond donors (Lipinski definition) is 2. The number of halogens is 3. The average Bonchev–Trinajstić information content (AvgIpc) is 2.99. The van der Waals surface area contributed by atoms with Gasteiger partial charge >= 0.3 is 11.9 Å². The van der Waals surface area contributed by atoms with Gasteiger partial charge in [0.05, 0.1) is 16.5 Å². The van der Waals surface area contributed by atoms with Crippen LogP contribution in [0.1, 0.15) is 25.8 Å². The first-order chi connectivity index (χ1) is 13.6. The summed E-state index contributed by atoms with van der Waals surface area (Å²) in [6.07, 6.45) is -4.02. The van der Waals surface area contributed by atoms with E-state index in [-0.39, 0.29) is 11.6 Å². The molecule has 1 amide bonds. The SMILES string of the molecule is COCCCn1c(SC(C(=O)Nc2ccccc2C(F)(F)F)C(C)C)n[nH]c1=O. The first-order valence-corrected chi connectivity index (χ1v) is 9.81. The van der Waals surface area contributed by atoms with Crippen LogP contribution >= 0.6 is 11.8 Å². The monoisotopic (exact) mass is 432 g/mol. The Labute approximate surface area is 170 Å². The lowest BCUT2D eigenvalue weighted by Crippen LogP contribution is -2.31. The van der Waals surface area contributed by atoms with E-state index < -0.39 is 28.6 Å². The molecule has 1 heterocycles. The molecule has 0 aliphatic carbocycles. The van der Waals surface area contributed by atoms with E-state index in [9.17, 15) is 22.8 Å². The molecule has 1 atom stereocenters. The number of alkyl halides is 3. The molecule has 0 saturated carbocycles. The Bertz CT molecular complexity index is 880. The molecular formula is C18H23F3N4O3S. The van der Waals surface area contributed by atoms with Gasteiger partial charge in [-0.3, -0.25) is 9.36 Å². The van der Waals surface area contributed by atoms with Crippen LogP contribution in [-0.2, 0) is 22.3 Å². The van der Waals surface area contributed by atoms with Gasteiger partial charge in [0, 0.05) is 20.3 Å². The number of aromatic nitrogens is 3. The molecular weight excluding hydrogens is 409 g/mol. The number of ether oxygens (including phenoxy) is 1. The maximum atomic E-state index is 13.2. The third kappa shape index (κ3) is 6.10. The maximum Gasteiger partial charge on any atom is 0.418 e. The average molecular weight is 432 g/mol. The summed E-state index contributed by atoms with van der Waals surface area (Å²) in [5, 5.41) is 8.20. The molecule has 0 fully saturated rings. The second kappa shape index (κ2) is 9.97. The molecule has 2 rings (SSSR count). The normalized spacial score (nSPS) is 12.9. The molecule has 2 aromatic rings. The second-order valence-electron chi connectivity index (χ2n) is 6.62. The predicted octanol–water partition coefficient (Wildman–Crippen LogP) is 3.38. The molecule has 0 radical (unpaired) electrons. The van der Waals surface area contributed by atoms with E-state index >= 15 is 0 Å². The zero-order valence-electron chi connectivity index (χ0n) is 16.2. The first-order valence-electron chi connectivity index (χ1n) is 8.93. The highest BCUT2D eigenvalue weighted by molar-refractivity contribution is 8.00. The van der Waals surface area contributed by atoms with Crippen LogP contribution in [-0.4, -0.2) is 39.6 Å². The van der Waals surface area contributed by atoms with Crippen molar-refractivity contribution in [2.45, 2.75) is 43.4 Å². The highest BCUT2D eigenvalue weighted by Crippen LogP contribution is 2.35. The molecule has 1 unspecified atom stereocenters. The molecule has 0 bridgehead atoms. The van der Waals surface area contributed by atoms with Crippen molar-refractivity contribution >= 4 is 23.4 Å². The molecule has 0 aliphatic rings. The Morgan fingerprint density at radius 3 is 2.66 bits per heavy atom. The van der Waals surface area contributed by atoms with E-state index in [4.69, 9.17) is 4.74 Å². The summed E-state index contributed by atoms with van der Waals surface area (Å²) in [4.78, 5) is 24.7. The Morgan fingerprint density at radius 1 is 1.34 bits per heavy atom. The quantitative estimate of drug-likeness (QED) is 0.468. The number of para-hydroxylation sites is 1. The third-order valence-electron chi connectivity index (χ3n) is 4.04. The van der Waals surface area contributed by atoms with Crippen LogP contribution in [0.5, 0.6) is 0 Å². The predicted molar refractivity (Wildman–Crippen MR) is 104 cm³/mol. The highest BCUT2D eigenvalue weighted by atomic mass is 32.2. The van der Waals surface area contributed by atoms with Crippen LogP contribution in [0.3, 0.4) is 0 Å². The van der Waals surface area contributed by atoms with Gasteiger partial charge in [0.25, 0.3) is 0 Å². The van der Waals surface area contributed by atoms with Crippen LogP contribution < -0.4 is 11.0 Å². The van der Waals surface area contributed by atoms with E-state index in [2.05, 4.69) is 15.5 Å². The van der Waals surface area contributed by atoms with Crippen molar-refractivity contribution in [2.75, 3.05) is 19.0 Å². The van der Waals surface area contributed by atoms with Gasteiger partial charge in [-0.25, -0.2) is 9.89 Å². The van der Waals surface area contributed by atoms with Crippen molar-refractivity contribution in [1.82, 2.24) is 14.8 Å². The smallest absolute Gasteiger partial charge is 0.385 e. The Hall–Kier alpha value is -2.27. The molecule has 29 heavy (non-hydrogen) atoms. The van der Waals surface area contributed by atoms with Crippen LogP contribution in [0, 0.1) is 5.92 Å². The fourth-order valence-corrected chi connectivity index (χ4v) is 3.67. The van der Waals surface area contributed by atoms with Gasteiger partial charge in [0.15, 0.2) is 5.16 Å². The van der Waals surface area contributed by atoms with Crippen LogP contribution in [0.25, 0.3) is 0 Å². The van der Waals surface area contributed by atoms with Gasteiger partial charge in [-0.15, -0.1) is 5.10 Å². The summed E-state index contributed by atoms with van der Waals surface area (Å²) in [5.41, 5.74) is -1.65. The number of rotatable bonds is 9. The number of anilines is 1. The third-order valence-corrected chi connectivity index (χ3v) is 5.57. The fourth-order valence-electron chi connectivity index (χ4n) is 2.61. The van der Waals surface area contributed by atoms with Crippen molar-refractivity contribution in [3.05, 3.63) is 40.3 Å². The second-order valence-corrected chi connectivity index (χ2v) is 7.73. The summed E-state index contributed by atoms with van der Waals surface area (Å²) in [6, 6.07) is 4.80. The topological polar surface area (TPSA) is 89.0 Å². The van der Waals surface area contributed by atoms with Gasteiger partial charge in [0.2, 0.25) is 5.91 Å². The van der Waals surface area contributed by atoms with Crippen LogP contribution in [0.15, 0.2) is 34.2 Å². The first kappa shape index (κ1) is 23.0. The number of carbonyl (C=O) groups excluding carboxylic acids is 1. The Morgan fingerprint density at radius 2 is 2.03 bits per heavy atom.